The van der Waals surface area contributed by atoms with Crippen molar-refractivity contribution < 1.29 is 4.79 Å². The highest BCUT2D eigenvalue weighted by Gasteiger charge is 2.37. The third-order valence-electron chi connectivity index (χ3n) is 5.11. The summed E-state index contributed by atoms with van der Waals surface area (Å²) in [6.07, 6.45) is 1.75. The van der Waals surface area contributed by atoms with Crippen molar-refractivity contribution in [2.45, 2.75) is 50.1 Å². The van der Waals surface area contributed by atoms with E-state index in [0.29, 0.717) is 5.16 Å². The van der Waals surface area contributed by atoms with E-state index in [1.165, 1.54) is 17.3 Å². The molecule has 1 aromatic heterocycles. The summed E-state index contributed by atoms with van der Waals surface area (Å²) in [5, 5.41) is 11.9. The molecule has 4 rings (SSSR count). The molecule has 2 aromatic carbocycles. The maximum absolute atomic E-state index is 13.2. The highest BCUT2D eigenvalue weighted by molar-refractivity contribution is 8.00. The quantitative estimate of drug-likeness (QED) is 0.666. The number of amides is 1. The molecule has 0 bridgehead atoms. The first-order chi connectivity index (χ1) is 14.1. The van der Waals surface area contributed by atoms with Gasteiger partial charge in [-0.25, -0.2) is 4.68 Å². The van der Waals surface area contributed by atoms with Gasteiger partial charge in [0.1, 0.15) is 5.25 Å². The lowest BCUT2D eigenvalue weighted by molar-refractivity contribution is -0.116. The molecule has 2 heterocycles. The lowest BCUT2D eigenvalue weighted by Gasteiger charge is -2.33. The van der Waals surface area contributed by atoms with E-state index in [-0.39, 0.29) is 17.2 Å². The molecule has 1 aliphatic heterocycles. The van der Waals surface area contributed by atoms with Gasteiger partial charge >= 0.3 is 0 Å². The smallest absolute Gasteiger partial charge is 0.240 e. The van der Waals surface area contributed by atoms with Gasteiger partial charge in [0.25, 0.3) is 0 Å². The predicted octanol–water partition coefficient (Wildman–Crippen LogP) is 4.11. The van der Waals surface area contributed by atoms with Crippen LogP contribution in [0, 0.1) is 6.92 Å². The Balaban J connectivity index is 1.66. The second-order valence-corrected chi connectivity index (χ2v) is 8.30. The van der Waals surface area contributed by atoms with E-state index in [9.17, 15) is 4.79 Å². The summed E-state index contributed by atoms with van der Waals surface area (Å²) in [5.41, 5.74) is 7.74. The molecule has 1 amide bonds. The summed E-state index contributed by atoms with van der Waals surface area (Å²) in [6.45, 7) is 6.20. The first-order valence-corrected chi connectivity index (χ1v) is 10.8. The third kappa shape index (κ3) is 4.00. The molecule has 0 saturated heterocycles. The van der Waals surface area contributed by atoms with Crippen molar-refractivity contribution in [2.24, 2.45) is 0 Å². The normalized spacial score (nSPS) is 18.0. The summed E-state index contributed by atoms with van der Waals surface area (Å²) in [7, 11) is 0. The minimum absolute atomic E-state index is 0.0510. The summed E-state index contributed by atoms with van der Waals surface area (Å²) in [6, 6.07) is 16.1. The highest BCUT2D eigenvalue weighted by atomic mass is 32.2. The minimum atomic E-state index is -0.371. The molecular weight excluding hydrogens is 382 g/mol. The van der Waals surface area contributed by atoms with Gasteiger partial charge in [-0.15, -0.1) is 10.2 Å². The first-order valence-electron chi connectivity index (χ1n) is 9.93. The molecule has 6 nitrogen and oxygen atoms in total. The molecule has 0 saturated carbocycles. The number of rotatable bonds is 5. The number of nitrogens with zero attached hydrogens (tertiary/aromatic N) is 3. The molecule has 0 radical (unpaired) electrons. The van der Waals surface area contributed by atoms with Crippen LogP contribution in [0.4, 0.5) is 5.69 Å². The lowest BCUT2D eigenvalue weighted by atomic mass is 10.0. The number of aromatic nitrogens is 3. The second kappa shape index (κ2) is 8.29. The van der Waals surface area contributed by atoms with Crippen LogP contribution in [0.3, 0.4) is 0 Å². The third-order valence-corrected chi connectivity index (χ3v) is 6.33. The number of thioether (sulfide) groups is 1. The number of aryl methyl sites for hydroxylation is 3. The molecule has 29 heavy (non-hydrogen) atoms. The molecule has 3 aromatic rings. The van der Waals surface area contributed by atoms with Crippen LogP contribution >= 0.6 is 11.8 Å². The van der Waals surface area contributed by atoms with Crippen LogP contribution in [-0.2, 0) is 17.6 Å². The molecular formula is C22H25N5OS. The van der Waals surface area contributed by atoms with Crippen molar-refractivity contribution in [1.29, 1.82) is 0 Å². The molecule has 7 heteroatoms. The number of nitrogens with one attached hydrogen (secondary N) is 2. The van der Waals surface area contributed by atoms with Crippen molar-refractivity contribution in [1.82, 2.24) is 14.9 Å². The van der Waals surface area contributed by atoms with Gasteiger partial charge in [-0.2, -0.15) is 0 Å². The Labute approximate surface area is 175 Å². The highest BCUT2D eigenvalue weighted by Crippen LogP contribution is 2.37. The summed E-state index contributed by atoms with van der Waals surface area (Å²) < 4.78 is 1.92. The topological polar surface area (TPSA) is 71.8 Å². The Hall–Kier alpha value is -2.80. The summed E-state index contributed by atoms with van der Waals surface area (Å²) >= 11 is 1.45. The first kappa shape index (κ1) is 19.5. The van der Waals surface area contributed by atoms with Crippen LogP contribution in [0.2, 0.25) is 0 Å². The van der Waals surface area contributed by atoms with E-state index in [0.717, 1.165) is 35.5 Å². The average molecular weight is 408 g/mol. The fourth-order valence-corrected chi connectivity index (χ4v) is 4.57. The Morgan fingerprint density at radius 1 is 1.14 bits per heavy atom. The van der Waals surface area contributed by atoms with Gasteiger partial charge in [-0.3, -0.25) is 4.79 Å². The van der Waals surface area contributed by atoms with Gasteiger partial charge < -0.3 is 10.7 Å². The Morgan fingerprint density at radius 2 is 1.93 bits per heavy atom. The minimum Gasteiger partial charge on any atom is -0.325 e. The van der Waals surface area contributed by atoms with Crippen LogP contribution in [0.1, 0.15) is 42.4 Å². The molecule has 0 aliphatic carbocycles. The van der Waals surface area contributed by atoms with Gasteiger partial charge in [-0.05, 0) is 42.2 Å². The number of anilines is 1. The maximum Gasteiger partial charge on any atom is 0.240 e. The molecule has 150 valence electrons. The number of carbonyl (C=O) groups is 1. The van der Waals surface area contributed by atoms with Crippen LogP contribution < -0.4 is 10.7 Å². The van der Waals surface area contributed by atoms with E-state index in [2.05, 4.69) is 52.1 Å². The second-order valence-electron chi connectivity index (χ2n) is 7.19. The van der Waals surface area contributed by atoms with Gasteiger partial charge in [0, 0.05) is 12.1 Å². The number of carbonyl (C=O) groups excluding carboxylic acids is 1. The van der Waals surface area contributed by atoms with E-state index < -0.39 is 0 Å². The Morgan fingerprint density at radius 3 is 2.62 bits per heavy atom. The molecule has 1 aliphatic rings. The van der Waals surface area contributed by atoms with E-state index in [1.54, 1.807) is 0 Å². The van der Waals surface area contributed by atoms with Crippen molar-refractivity contribution >= 4 is 23.4 Å². The van der Waals surface area contributed by atoms with Crippen molar-refractivity contribution in [3.05, 3.63) is 71.0 Å². The van der Waals surface area contributed by atoms with E-state index in [4.69, 9.17) is 0 Å². The van der Waals surface area contributed by atoms with E-state index >= 15 is 0 Å². The SMILES string of the molecule is CCc1ccc([C@@H]2Nn3c(CC)nnc3S[C@H]2C(=O)Nc2cccc(C)c2)cc1. The lowest BCUT2D eigenvalue weighted by Crippen LogP contribution is -2.41. The van der Waals surface area contributed by atoms with Crippen LogP contribution in [-0.4, -0.2) is 26.0 Å². The number of hydrogen-bond acceptors (Lipinski definition) is 5. The van der Waals surface area contributed by atoms with Crippen molar-refractivity contribution in [2.75, 3.05) is 10.7 Å². The van der Waals surface area contributed by atoms with Gasteiger partial charge in [0.2, 0.25) is 11.1 Å². The average Bonchev–Trinajstić information content (AvgIpc) is 3.15. The summed E-state index contributed by atoms with van der Waals surface area (Å²) in [4.78, 5) is 13.2. The number of benzene rings is 2. The molecule has 0 fully saturated rings. The zero-order chi connectivity index (χ0) is 20.4. The Kier molecular flexibility index (Phi) is 5.58. The largest absolute Gasteiger partial charge is 0.325 e. The zero-order valence-corrected chi connectivity index (χ0v) is 17.7. The maximum atomic E-state index is 13.2. The van der Waals surface area contributed by atoms with Gasteiger partial charge in [0.15, 0.2) is 5.82 Å². The zero-order valence-electron chi connectivity index (χ0n) is 16.8. The van der Waals surface area contributed by atoms with Gasteiger partial charge in [-0.1, -0.05) is 62.0 Å². The van der Waals surface area contributed by atoms with Crippen molar-refractivity contribution in [3.8, 4) is 0 Å². The van der Waals surface area contributed by atoms with Crippen LogP contribution in [0.25, 0.3) is 0 Å². The van der Waals surface area contributed by atoms with Crippen LogP contribution in [0.5, 0.6) is 0 Å². The molecule has 2 N–H and O–H groups in total. The van der Waals surface area contributed by atoms with E-state index in [1.807, 2.05) is 42.8 Å². The number of fused-ring (bicyclic) bond motifs is 1. The standard InChI is InChI=1S/C22H25N5OS/c1-4-15-9-11-16(12-10-15)19-20(21(28)23-17-8-6-7-14(3)13-17)29-22-25-24-18(5-2)27(22)26-19/h6-13,19-20,26H,4-5H2,1-3H3,(H,23,28)/t19-,20+/m0/s1. The predicted molar refractivity (Wildman–Crippen MR) is 117 cm³/mol. The fourth-order valence-electron chi connectivity index (χ4n) is 3.47. The summed E-state index contributed by atoms with van der Waals surface area (Å²) in [5.74, 6) is 0.810. The molecule has 2 atom stereocenters. The Bertz CT molecular complexity index is 1010. The fraction of sp³-hybridized carbons (Fsp3) is 0.318. The van der Waals surface area contributed by atoms with Crippen molar-refractivity contribution in [3.63, 3.8) is 0 Å². The van der Waals surface area contributed by atoms with Gasteiger partial charge in [0.05, 0.1) is 6.04 Å². The molecule has 0 unspecified atom stereocenters. The monoisotopic (exact) mass is 407 g/mol. The number of hydrogen-bond donors (Lipinski definition) is 2. The van der Waals surface area contributed by atoms with Crippen LogP contribution in [0.15, 0.2) is 53.7 Å². The molecule has 0 spiro atoms.